The lowest BCUT2D eigenvalue weighted by Crippen LogP contribution is -2.36. The minimum atomic E-state index is -0.281. The van der Waals surface area contributed by atoms with E-state index >= 15 is 0 Å². The molecule has 1 heterocycles. The molecule has 4 nitrogen and oxygen atoms in total. The minimum absolute atomic E-state index is 0.0504. The Balaban J connectivity index is 2.18. The smallest absolute Gasteiger partial charge is 0.249 e. The fourth-order valence-electron chi connectivity index (χ4n) is 1.42. The molecule has 0 spiro atoms. The van der Waals surface area contributed by atoms with Crippen LogP contribution in [0.1, 0.15) is 26.2 Å². The van der Waals surface area contributed by atoms with E-state index in [1.807, 2.05) is 6.92 Å². The molecule has 1 aliphatic heterocycles. The van der Waals surface area contributed by atoms with Gasteiger partial charge in [0.05, 0.1) is 11.1 Å². The lowest BCUT2D eigenvalue weighted by Gasteiger charge is -2.11. The third-order valence-electron chi connectivity index (χ3n) is 2.20. The van der Waals surface area contributed by atoms with Crippen LogP contribution in [-0.4, -0.2) is 29.6 Å². The normalized spacial score (nSPS) is 26.1. The first-order valence-corrected chi connectivity index (χ1v) is 5.22. The van der Waals surface area contributed by atoms with Crippen molar-refractivity contribution in [2.75, 3.05) is 6.54 Å². The van der Waals surface area contributed by atoms with E-state index < -0.39 is 0 Å². The summed E-state index contributed by atoms with van der Waals surface area (Å²) in [4.78, 5) is 11.9. The molecule has 0 saturated carbocycles. The largest absolute Gasteiger partial charge is 0.393 e. The van der Waals surface area contributed by atoms with E-state index in [0.717, 1.165) is 12.8 Å². The molecule has 14 heavy (non-hydrogen) atoms. The van der Waals surface area contributed by atoms with Gasteiger partial charge in [0.1, 0.15) is 6.10 Å². The van der Waals surface area contributed by atoms with Crippen molar-refractivity contribution in [2.24, 2.45) is 5.73 Å². The van der Waals surface area contributed by atoms with E-state index in [2.05, 4.69) is 5.32 Å². The first-order chi connectivity index (χ1) is 6.59. The summed E-state index contributed by atoms with van der Waals surface area (Å²) < 4.78 is 5.40. The van der Waals surface area contributed by atoms with Crippen LogP contribution in [-0.2, 0) is 9.53 Å². The van der Waals surface area contributed by atoms with E-state index in [-0.39, 0.29) is 18.1 Å². The van der Waals surface area contributed by atoms with E-state index in [4.69, 9.17) is 22.7 Å². The summed E-state index contributed by atoms with van der Waals surface area (Å²) in [5.41, 5.74) is 5.30. The highest BCUT2D eigenvalue weighted by Gasteiger charge is 2.27. The Morgan fingerprint density at radius 2 is 2.36 bits per heavy atom. The number of amides is 1. The number of nitrogens with one attached hydrogen (secondary N) is 1. The van der Waals surface area contributed by atoms with Crippen molar-refractivity contribution in [3.8, 4) is 0 Å². The summed E-state index contributed by atoms with van der Waals surface area (Å²) in [6, 6.07) is 0. The average Bonchev–Trinajstić information content (AvgIpc) is 2.51. The second kappa shape index (κ2) is 5.26. The van der Waals surface area contributed by atoms with E-state index in [1.54, 1.807) is 0 Å². The number of hydrogen-bond acceptors (Lipinski definition) is 3. The zero-order valence-corrected chi connectivity index (χ0v) is 9.10. The number of nitrogens with two attached hydrogens (primary N) is 1. The molecule has 2 atom stereocenters. The van der Waals surface area contributed by atoms with Crippen LogP contribution in [0.15, 0.2) is 0 Å². The third kappa shape index (κ3) is 3.59. The Labute approximate surface area is 89.2 Å². The molecule has 0 aromatic rings. The monoisotopic (exact) mass is 216 g/mol. The molecular weight excluding hydrogens is 200 g/mol. The van der Waals surface area contributed by atoms with Gasteiger partial charge in [0.25, 0.3) is 0 Å². The molecule has 1 fully saturated rings. The van der Waals surface area contributed by atoms with Crippen molar-refractivity contribution in [3.63, 3.8) is 0 Å². The van der Waals surface area contributed by atoms with E-state index in [0.29, 0.717) is 18.0 Å². The van der Waals surface area contributed by atoms with Gasteiger partial charge >= 0.3 is 0 Å². The Bertz CT molecular complexity index is 233. The summed E-state index contributed by atoms with van der Waals surface area (Å²) in [6.45, 7) is 2.48. The number of rotatable bonds is 4. The van der Waals surface area contributed by atoms with Gasteiger partial charge in [-0.25, -0.2) is 0 Å². The van der Waals surface area contributed by atoms with Crippen molar-refractivity contribution >= 4 is 23.1 Å². The molecule has 1 amide bonds. The maximum Gasteiger partial charge on any atom is 0.249 e. The predicted octanol–water partition coefficient (Wildman–Crippen LogP) is 0.346. The van der Waals surface area contributed by atoms with Crippen molar-refractivity contribution in [2.45, 2.75) is 38.4 Å². The van der Waals surface area contributed by atoms with Crippen LogP contribution in [0.5, 0.6) is 0 Å². The lowest BCUT2D eigenvalue weighted by molar-refractivity contribution is -0.131. The van der Waals surface area contributed by atoms with Crippen LogP contribution in [0.4, 0.5) is 0 Å². The van der Waals surface area contributed by atoms with Gasteiger partial charge in [0, 0.05) is 13.0 Å². The molecule has 0 aromatic heterocycles. The molecule has 0 bridgehead atoms. The highest BCUT2D eigenvalue weighted by Crippen LogP contribution is 2.18. The SMILES string of the molecule is CC1CCC(C(=O)NCCC(N)=S)O1. The summed E-state index contributed by atoms with van der Waals surface area (Å²) in [6.07, 6.45) is 2.22. The molecule has 5 heteroatoms. The summed E-state index contributed by atoms with van der Waals surface area (Å²) in [7, 11) is 0. The molecule has 80 valence electrons. The predicted molar refractivity (Wildman–Crippen MR) is 58.0 cm³/mol. The average molecular weight is 216 g/mol. The summed E-state index contributed by atoms with van der Waals surface area (Å²) >= 11 is 4.70. The Hall–Kier alpha value is -0.680. The van der Waals surface area contributed by atoms with Crippen molar-refractivity contribution in [1.82, 2.24) is 5.32 Å². The number of carbonyl (C=O) groups excluding carboxylic acids is 1. The van der Waals surface area contributed by atoms with Gasteiger partial charge in [-0.05, 0) is 19.8 Å². The summed E-state index contributed by atoms with van der Waals surface area (Å²) in [5, 5.41) is 2.75. The van der Waals surface area contributed by atoms with Gasteiger partial charge < -0.3 is 15.8 Å². The fraction of sp³-hybridized carbons (Fsp3) is 0.778. The number of hydrogen-bond donors (Lipinski definition) is 2. The van der Waals surface area contributed by atoms with Gasteiger partial charge in [-0.3, -0.25) is 4.79 Å². The molecule has 2 unspecified atom stereocenters. The van der Waals surface area contributed by atoms with E-state index in [9.17, 15) is 4.79 Å². The maximum absolute atomic E-state index is 11.5. The number of carbonyl (C=O) groups is 1. The Morgan fingerprint density at radius 1 is 1.64 bits per heavy atom. The minimum Gasteiger partial charge on any atom is -0.393 e. The van der Waals surface area contributed by atoms with Crippen LogP contribution in [0.3, 0.4) is 0 Å². The van der Waals surface area contributed by atoms with Crippen molar-refractivity contribution in [1.29, 1.82) is 0 Å². The van der Waals surface area contributed by atoms with Crippen LogP contribution < -0.4 is 11.1 Å². The highest BCUT2D eigenvalue weighted by molar-refractivity contribution is 7.80. The van der Waals surface area contributed by atoms with Crippen LogP contribution in [0.2, 0.25) is 0 Å². The molecule has 1 aliphatic rings. The lowest BCUT2D eigenvalue weighted by atomic mass is 10.2. The second-order valence-electron chi connectivity index (χ2n) is 3.52. The van der Waals surface area contributed by atoms with Crippen molar-refractivity contribution in [3.05, 3.63) is 0 Å². The van der Waals surface area contributed by atoms with Gasteiger partial charge in [-0.1, -0.05) is 12.2 Å². The van der Waals surface area contributed by atoms with Gasteiger partial charge in [-0.2, -0.15) is 0 Å². The van der Waals surface area contributed by atoms with Crippen LogP contribution in [0.25, 0.3) is 0 Å². The highest BCUT2D eigenvalue weighted by atomic mass is 32.1. The first kappa shape index (κ1) is 11.4. The van der Waals surface area contributed by atoms with Gasteiger partial charge in [0.15, 0.2) is 0 Å². The Morgan fingerprint density at radius 3 is 2.86 bits per heavy atom. The molecule has 1 saturated heterocycles. The van der Waals surface area contributed by atoms with Crippen LogP contribution in [0, 0.1) is 0 Å². The molecule has 3 N–H and O–H groups in total. The first-order valence-electron chi connectivity index (χ1n) is 4.81. The zero-order valence-electron chi connectivity index (χ0n) is 8.29. The van der Waals surface area contributed by atoms with Gasteiger partial charge in [-0.15, -0.1) is 0 Å². The molecular formula is C9H16N2O2S. The second-order valence-corrected chi connectivity index (χ2v) is 4.04. The summed E-state index contributed by atoms with van der Waals surface area (Å²) in [5.74, 6) is -0.0504. The maximum atomic E-state index is 11.5. The quantitative estimate of drug-likeness (QED) is 0.665. The molecule has 0 radical (unpaired) electrons. The molecule has 0 aromatic carbocycles. The van der Waals surface area contributed by atoms with Gasteiger partial charge in [0.2, 0.25) is 5.91 Å². The molecule has 1 rings (SSSR count). The van der Waals surface area contributed by atoms with E-state index in [1.165, 1.54) is 0 Å². The van der Waals surface area contributed by atoms with Crippen LogP contribution >= 0.6 is 12.2 Å². The van der Waals surface area contributed by atoms with Crippen molar-refractivity contribution < 1.29 is 9.53 Å². The number of thiocarbonyl (C=S) groups is 1. The standard InChI is InChI=1S/C9H16N2O2S/c1-6-2-3-7(13-6)9(12)11-5-4-8(10)14/h6-7H,2-5H2,1H3,(H2,10,14)(H,11,12). The molecule has 0 aliphatic carbocycles. The fourth-order valence-corrected chi connectivity index (χ4v) is 1.52. The zero-order chi connectivity index (χ0) is 10.6. The number of ether oxygens (including phenoxy) is 1. The third-order valence-corrected chi connectivity index (χ3v) is 2.40. The Kier molecular flexibility index (Phi) is 4.28. The topological polar surface area (TPSA) is 64.4 Å².